The van der Waals surface area contributed by atoms with Gasteiger partial charge in [0, 0.05) is 26.2 Å². The van der Waals surface area contributed by atoms with Crippen LogP contribution in [0.5, 0.6) is 0 Å². The first-order valence-corrected chi connectivity index (χ1v) is 6.80. The molecule has 1 aliphatic rings. The molecule has 1 aromatic carbocycles. The third-order valence-corrected chi connectivity index (χ3v) is 3.37. The number of hydrogen-bond donors (Lipinski definition) is 1. The van der Waals surface area contributed by atoms with Gasteiger partial charge in [-0.15, -0.1) is 0 Å². The predicted molar refractivity (Wildman–Crippen MR) is 74.7 cm³/mol. The van der Waals surface area contributed by atoms with Gasteiger partial charge < -0.3 is 15.0 Å². The van der Waals surface area contributed by atoms with E-state index in [9.17, 15) is 0 Å². The summed E-state index contributed by atoms with van der Waals surface area (Å²) in [5, 5.41) is 3.37. The SMILES string of the molecule is Cc1cccc(CN(C)CCC2CNCCO2)c1. The molecule has 1 unspecified atom stereocenters. The normalized spacial score (nSPS) is 20.3. The molecule has 3 heteroatoms. The van der Waals surface area contributed by atoms with Crippen LogP contribution in [0.25, 0.3) is 0 Å². The van der Waals surface area contributed by atoms with E-state index in [0.29, 0.717) is 6.10 Å². The third kappa shape index (κ3) is 4.41. The standard InChI is InChI=1S/C15H24N2O/c1-13-4-3-5-14(10-13)12-17(2)8-6-15-11-16-7-9-18-15/h3-5,10,15-16H,6-9,11-12H2,1-2H3. The molecular weight excluding hydrogens is 224 g/mol. The van der Waals surface area contributed by atoms with Crippen LogP contribution >= 0.6 is 0 Å². The van der Waals surface area contributed by atoms with Gasteiger partial charge in [0.1, 0.15) is 0 Å². The van der Waals surface area contributed by atoms with Crippen LogP contribution in [0.2, 0.25) is 0 Å². The van der Waals surface area contributed by atoms with Crippen LogP contribution in [0.15, 0.2) is 24.3 Å². The van der Waals surface area contributed by atoms with Crippen LogP contribution in [0.3, 0.4) is 0 Å². The Kier molecular flexibility index (Phi) is 5.17. The highest BCUT2D eigenvalue weighted by Gasteiger charge is 2.13. The molecule has 0 aliphatic carbocycles. The highest BCUT2D eigenvalue weighted by molar-refractivity contribution is 5.21. The topological polar surface area (TPSA) is 24.5 Å². The van der Waals surface area contributed by atoms with E-state index in [1.165, 1.54) is 11.1 Å². The largest absolute Gasteiger partial charge is 0.376 e. The Morgan fingerprint density at radius 2 is 2.33 bits per heavy atom. The summed E-state index contributed by atoms with van der Waals surface area (Å²) in [5.74, 6) is 0. The zero-order valence-electron chi connectivity index (χ0n) is 11.5. The fourth-order valence-corrected chi connectivity index (χ4v) is 2.37. The van der Waals surface area contributed by atoms with Gasteiger partial charge in [0.2, 0.25) is 0 Å². The lowest BCUT2D eigenvalue weighted by Crippen LogP contribution is -2.40. The lowest BCUT2D eigenvalue weighted by Gasteiger charge is -2.26. The van der Waals surface area contributed by atoms with Crippen LogP contribution in [0, 0.1) is 6.92 Å². The first-order chi connectivity index (χ1) is 8.74. The zero-order valence-corrected chi connectivity index (χ0v) is 11.5. The van der Waals surface area contributed by atoms with E-state index in [1.54, 1.807) is 0 Å². The van der Waals surface area contributed by atoms with Gasteiger partial charge in [-0.3, -0.25) is 0 Å². The molecule has 0 saturated carbocycles. The lowest BCUT2D eigenvalue weighted by atomic mass is 10.1. The summed E-state index contributed by atoms with van der Waals surface area (Å²) >= 11 is 0. The molecule has 0 bridgehead atoms. The average molecular weight is 248 g/mol. The fraction of sp³-hybridized carbons (Fsp3) is 0.600. The minimum atomic E-state index is 0.388. The van der Waals surface area contributed by atoms with Gasteiger partial charge >= 0.3 is 0 Å². The van der Waals surface area contributed by atoms with Crippen molar-refractivity contribution in [3.63, 3.8) is 0 Å². The number of nitrogens with one attached hydrogen (secondary N) is 1. The summed E-state index contributed by atoms with van der Waals surface area (Å²) < 4.78 is 5.71. The molecule has 1 atom stereocenters. The second kappa shape index (κ2) is 6.88. The molecule has 0 amide bonds. The Bertz CT molecular complexity index is 361. The molecule has 3 nitrogen and oxygen atoms in total. The van der Waals surface area contributed by atoms with Gasteiger partial charge in [-0.2, -0.15) is 0 Å². The van der Waals surface area contributed by atoms with Crippen LogP contribution in [0.4, 0.5) is 0 Å². The number of nitrogens with zero attached hydrogens (tertiary/aromatic N) is 1. The zero-order chi connectivity index (χ0) is 12.8. The molecule has 0 radical (unpaired) electrons. The van der Waals surface area contributed by atoms with Gasteiger partial charge in [-0.1, -0.05) is 29.8 Å². The third-order valence-electron chi connectivity index (χ3n) is 3.37. The van der Waals surface area contributed by atoms with Gasteiger partial charge in [-0.05, 0) is 26.0 Å². The summed E-state index contributed by atoms with van der Waals surface area (Å²) in [6.07, 6.45) is 1.49. The predicted octanol–water partition coefficient (Wildman–Crippen LogP) is 1.81. The molecule has 1 saturated heterocycles. The molecule has 100 valence electrons. The van der Waals surface area contributed by atoms with E-state index in [-0.39, 0.29) is 0 Å². The Morgan fingerprint density at radius 1 is 1.44 bits per heavy atom. The molecule has 1 aromatic rings. The van der Waals surface area contributed by atoms with Gasteiger partial charge in [0.25, 0.3) is 0 Å². The maximum Gasteiger partial charge on any atom is 0.0712 e. The molecule has 0 spiro atoms. The lowest BCUT2D eigenvalue weighted by molar-refractivity contribution is 0.0184. The number of rotatable bonds is 5. The molecule has 1 N–H and O–H groups in total. The van der Waals surface area contributed by atoms with Crippen molar-refractivity contribution < 1.29 is 4.74 Å². The minimum absolute atomic E-state index is 0.388. The first kappa shape index (κ1) is 13.5. The average Bonchev–Trinajstić information content (AvgIpc) is 2.38. The van der Waals surface area contributed by atoms with Crippen molar-refractivity contribution in [3.8, 4) is 0 Å². The Labute approximate surface area is 110 Å². The Balaban J connectivity index is 1.72. The molecule has 0 aromatic heterocycles. The summed E-state index contributed by atoms with van der Waals surface area (Å²) in [6, 6.07) is 8.73. The van der Waals surface area contributed by atoms with E-state index in [4.69, 9.17) is 4.74 Å². The van der Waals surface area contributed by atoms with Crippen LogP contribution < -0.4 is 5.32 Å². The quantitative estimate of drug-likeness (QED) is 0.860. The minimum Gasteiger partial charge on any atom is -0.376 e. The number of hydrogen-bond acceptors (Lipinski definition) is 3. The summed E-state index contributed by atoms with van der Waals surface area (Å²) in [5.41, 5.74) is 2.72. The van der Waals surface area contributed by atoms with Gasteiger partial charge in [0.15, 0.2) is 0 Å². The second-order valence-electron chi connectivity index (χ2n) is 5.21. The first-order valence-electron chi connectivity index (χ1n) is 6.80. The molecule has 18 heavy (non-hydrogen) atoms. The van der Waals surface area contributed by atoms with Crippen molar-refractivity contribution in [2.24, 2.45) is 0 Å². The van der Waals surface area contributed by atoms with Crippen molar-refractivity contribution in [3.05, 3.63) is 35.4 Å². The molecule has 1 heterocycles. The highest BCUT2D eigenvalue weighted by Crippen LogP contribution is 2.08. The maximum absolute atomic E-state index is 5.71. The summed E-state index contributed by atoms with van der Waals surface area (Å²) in [7, 11) is 2.18. The monoisotopic (exact) mass is 248 g/mol. The number of aryl methyl sites for hydroxylation is 1. The number of morpholine rings is 1. The second-order valence-corrected chi connectivity index (χ2v) is 5.21. The van der Waals surface area contributed by atoms with E-state index in [1.807, 2.05) is 0 Å². The van der Waals surface area contributed by atoms with Crippen LogP contribution in [-0.4, -0.2) is 44.3 Å². The van der Waals surface area contributed by atoms with Gasteiger partial charge in [0.05, 0.1) is 12.7 Å². The fourth-order valence-electron chi connectivity index (χ4n) is 2.37. The van der Waals surface area contributed by atoms with Crippen molar-refractivity contribution in [2.75, 3.05) is 33.3 Å². The molecular formula is C15H24N2O. The molecule has 1 fully saturated rings. The molecule has 2 rings (SSSR count). The summed E-state index contributed by atoms with van der Waals surface area (Å²) in [6.45, 7) is 7.09. The molecule has 1 aliphatic heterocycles. The van der Waals surface area contributed by atoms with Crippen molar-refractivity contribution in [2.45, 2.75) is 26.0 Å². The van der Waals surface area contributed by atoms with Crippen LogP contribution in [0.1, 0.15) is 17.5 Å². The number of benzene rings is 1. The van der Waals surface area contributed by atoms with E-state index in [2.05, 4.69) is 48.5 Å². The van der Waals surface area contributed by atoms with Crippen molar-refractivity contribution >= 4 is 0 Å². The Morgan fingerprint density at radius 3 is 3.06 bits per heavy atom. The summed E-state index contributed by atoms with van der Waals surface area (Å²) in [4.78, 5) is 2.37. The van der Waals surface area contributed by atoms with E-state index < -0.39 is 0 Å². The van der Waals surface area contributed by atoms with E-state index >= 15 is 0 Å². The van der Waals surface area contributed by atoms with Crippen molar-refractivity contribution in [1.82, 2.24) is 10.2 Å². The maximum atomic E-state index is 5.71. The number of ether oxygens (including phenoxy) is 1. The van der Waals surface area contributed by atoms with Crippen molar-refractivity contribution in [1.29, 1.82) is 0 Å². The van der Waals surface area contributed by atoms with Gasteiger partial charge in [-0.25, -0.2) is 0 Å². The Hall–Kier alpha value is -0.900. The van der Waals surface area contributed by atoms with Crippen LogP contribution in [-0.2, 0) is 11.3 Å². The smallest absolute Gasteiger partial charge is 0.0712 e. The highest BCUT2D eigenvalue weighted by atomic mass is 16.5. The van der Waals surface area contributed by atoms with E-state index in [0.717, 1.165) is 39.2 Å².